The minimum absolute atomic E-state index is 0.729. The van der Waals surface area contributed by atoms with E-state index in [1.807, 2.05) is 42.6 Å². The van der Waals surface area contributed by atoms with Crippen LogP contribution in [0.25, 0.3) is 22.2 Å². The van der Waals surface area contributed by atoms with Crippen molar-refractivity contribution in [2.24, 2.45) is 0 Å². The van der Waals surface area contributed by atoms with E-state index in [2.05, 4.69) is 44.5 Å². The van der Waals surface area contributed by atoms with Crippen LogP contribution in [0.1, 0.15) is 5.56 Å². The number of H-pyrrole nitrogens is 1. The van der Waals surface area contributed by atoms with Crippen LogP contribution in [0.5, 0.6) is 0 Å². The molecule has 0 amide bonds. The van der Waals surface area contributed by atoms with E-state index in [1.165, 1.54) is 5.56 Å². The first-order valence-electron chi connectivity index (χ1n) is 7.57. The number of hydrogen-bond donors (Lipinski definition) is 2. The Balaban J connectivity index is 1.73. The molecule has 112 valence electrons. The van der Waals surface area contributed by atoms with E-state index in [0.717, 1.165) is 34.5 Å². The minimum atomic E-state index is 0.729. The molecule has 4 aromatic rings. The molecule has 0 aliphatic carbocycles. The Bertz CT molecular complexity index is 914. The van der Waals surface area contributed by atoms with Crippen LogP contribution < -0.4 is 5.32 Å². The smallest absolute Gasteiger partial charge is 0.143 e. The molecule has 4 rings (SSSR count). The first kappa shape index (κ1) is 13.5. The number of aromatic nitrogens is 3. The largest absolute Gasteiger partial charge is 0.365 e. The summed E-state index contributed by atoms with van der Waals surface area (Å²) in [5.74, 6) is 0.846. The van der Waals surface area contributed by atoms with E-state index in [-0.39, 0.29) is 0 Å². The second-order valence-corrected chi connectivity index (χ2v) is 5.35. The molecule has 2 heterocycles. The van der Waals surface area contributed by atoms with Crippen molar-refractivity contribution in [3.63, 3.8) is 0 Å². The normalized spacial score (nSPS) is 10.8. The number of aromatic amines is 1. The number of fused-ring (bicyclic) bond motifs is 1. The highest BCUT2D eigenvalue weighted by Gasteiger charge is 2.12. The number of rotatable bonds is 4. The van der Waals surface area contributed by atoms with E-state index in [9.17, 15) is 0 Å². The molecular formula is C19H16N4. The first-order chi connectivity index (χ1) is 11.4. The van der Waals surface area contributed by atoms with Crippen LogP contribution in [0, 0.1) is 0 Å². The van der Waals surface area contributed by atoms with Gasteiger partial charge in [-0.05, 0) is 11.1 Å². The Labute approximate surface area is 134 Å². The lowest BCUT2D eigenvalue weighted by Gasteiger charge is -2.08. The standard InChI is InChI=1S/C19H16N4/c1-3-7-14(8-4-1)11-20-18-17-16(15-9-5-2-6-10-15)12-21-19(17)23-13-22-18/h1-10,12-13H,11H2,(H2,20,21,22,23). The van der Waals surface area contributed by atoms with Crippen molar-refractivity contribution >= 4 is 16.9 Å². The Morgan fingerprint density at radius 1 is 0.870 bits per heavy atom. The molecule has 23 heavy (non-hydrogen) atoms. The van der Waals surface area contributed by atoms with E-state index in [1.54, 1.807) is 6.33 Å². The number of hydrogen-bond acceptors (Lipinski definition) is 3. The van der Waals surface area contributed by atoms with Gasteiger partial charge in [-0.25, -0.2) is 9.97 Å². The Hall–Kier alpha value is -3.14. The van der Waals surface area contributed by atoms with Crippen molar-refractivity contribution in [1.82, 2.24) is 15.0 Å². The molecule has 0 saturated heterocycles. The lowest BCUT2D eigenvalue weighted by atomic mass is 10.1. The number of nitrogens with zero attached hydrogens (tertiary/aromatic N) is 2. The van der Waals surface area contributed by atoms with Crippen LogP contribution in [-0.2, 0) is 6.54 Å². The van der Waals surface area contributed by atoms with Gasteiger partial charge in [-0.15, -0.1) is 0 Å². The molecule has 0 radical (unpaired) electrons. The van der Waals surface area contributed by atoms with Gasteiger partial charge in [0.05, 0.1) is 5.39 Å². The van der Waals surface area contributed by atoms with Gasteiger partial charge in [-0.3, -0.25) is 0 Å². The highest BCUT2D eigenvalue weighted by molar-refractivity contribution is 6.00. The first-order valence-corrected chi connectivity index (χ1v) is 7.57. The van der Waals surface area contributed by atoms with Gasteiger partial charge in [0.2, 0.25) is 0 Å². The summed E-state index contributed by atoms with van der Waals surface area (Å²) in [6.45, 7) is 0.729. The highest BCUT2D eigenvalue weighted by atomic mass is 15.0. The number of benzene rings is 2. The SMILES string of the molecule is c1ccc(CNc2ncnc3[nH]cc(-c4ccccc4)c23)cc1. The van der Waals surface area contributed by atoms with Crippen LogP contribution >= 0.6 is 0 Å². The van der Waals surface area contributed by atoms with E-state index < -0.39 is 0 Å². The fourth-order valence-electron chi connectivity index (χ4n) is 2.72. The fraction of sp³-hybridized carbons (Fsp3) is 0.0526. The Morgan fingerprint density at radius 3 is 2.39 bits per heavy atom. The lowest BCUT2D eigenvalue weighted by Crippen LogP contribution is -2.02. The van der Waals surface area contributed by atoms with E-state index >= 15 is 0 Å². The molecular weight excluding hydrogens is 284 g/mol. The molecule has 2 aromatic heterocycles. The van der Waals surface area contributed by atoms with Gasteiger partial charge in [0.1, 0.15) is 17.8 Å². The second-order valence-electron chi connectivity index (χ2n) is 5.35. The monoisotopic (exact) mass is 300 g/mol. The summed E-state index contributed by atoms with van der Waals surface area (Å²) in [6.07, 6.45) is 3.57. The van der Waals surface area contributed by atoms with Gasteiger partial charge in [-0.2, -0.15) is 0 Å². The maximum atomic E-state index is 4.44. The number of nitrogens with one attached hydrogen (secondary N) is 2. The average Bonchev–Trinajstić information content (AvgIpc) is 3.06. The van der Waals surface area contributed by atoms with Crippen LogP contribution in [0.4, 0.5) is 5.82 Å². The van der Waals surface area contributed by atoms with Crippen LogP contribution in [0.2, 0.25) is 0 Å². The van der Waals surface area contributed by atoms with Crippen LogP contribution in [-0.4, -0.2) is 15.0 Å². The molecule has 0 aliphatic rings. The van der Waals surface area contributed by atoms with Crippen molar-refractivity contribution in [3.05, 3.63) is 78.8 Å². The third-order valence-electron chi connectivity index (χ3n) is 3.86. The van der Waals surface area contributed by atoms with Crippen molar-refractivity contribution < 1.29 is 0 Å². The predicted molar refractivity (Wildman–Crippen MR) is 93.1 cm³/mol. The summed E-state index contributed by atoms with van der Waals surface area (Å²) in [6, 6.07) is 20.6. The Morgan fingerprint density at radius 2 is 1.61 bits per heavy atom. The van der Waals surface area contributed by atoms with Crippen molar-refractivity contribution in [1.29, 1.82) is 0 Å². The summed E-state index contributed by atoms with van der Waals surface area (Å²) < 4.78 is 0. The molecule has 0 atom stereocenters. The molecule has 0 fully saturated rings. The van der Waals surface area contributed by atoms with Crippen molar-refractivity contribution in [2.45, 2.75) is 6.54 Å². The van der Waals surface area contributed by atoms with Crippen LogP contribution in [0.15, 0.2) is 73.2 Å². The lowest BCUT2D eigenvalue weighted by molar-refractivity contribution is 1.10. The predicted octanol–water partition coefficient (Wildman–Crippen LogP) is 4.24. The molecule has 2 N–H and O–H groups in total. The molecule has 4 heteroatoms. The zero-order chi connectivity index (χ0) is 15.5. The maximum absolute atomic E-state index is 4.44. The molecule has 0 unspecified atom stereocenters. The summed E-state index contributed by atoms with van der Waals surface area (Å²) in [7, 11) is 0. The quantitative estimate of drug-likeness (QED) is 0.593. The molecule has 0 spiro atoms. The summed E-state index contributed by atoms with van der Waals surface area (Å²) in [5, 5.41) is 4.45. The van der Waals surface area contributed by atoms with Gasteiger partial charge in [0, 0.05) is 18.3 Å². The maximum Gasteiger partial charge on any atom is 0.143 e. The second kappa shape index (κ2) is 5.93. The van der Waals surface area contributed by atoms with Gasteiger partial charge < -0.3 is 10.3 Å². The van der Waals surface area contributed by atoms with Gasteiger partial charge in [0.25, 0.3) is 0 Å². The van der Waals surface area contributed by atoms with Crippen molar-refractivity contribution in [3.8, 4) is 11.1 Å². The number of anilines is 1. The van der Waals surface area contributed by atoms with Crippen LogP contribution in [0.3, 0.4) is 0 Å². The third kappa shape index (κ3) is 2.66. The van der Waals surface area contributed by atoms with Gasteiger partial charge in [-0.1, -0.05) is 60.7 Å². The average molecular weight is 300 g/mol. The van der Waals surface area contributed by atoms with Gasteiger partial charge in [0.15, 0.2) is 0 Å². The Kier molecular flexibility index (Phi) is 3.48. The van der Waals surface area contributed by atoms with Crippen molar-refractivity contribution in [2.75, 3.05) is 5.32 Å². The third-order valence-corrected chi connectivity index (χ3v) is 3.86. The molecule has 0 bridgehead atoms. The zero-order valence-electron chi connectivity index (χ0n) is 12.5. The summed E-state index contributed by atoms with van der Waals surface area (Å²) in [4.78, 5) is 12.0. The molecule has 0 saturated carbocycles. The summed E-state index contributed by atoms with van der Waals surface area (Å²) in [5.41, 5.74) is 4.32. The fourth-order valence-corrected chi connectivity index (χ4v) is 2.72. The van der Waals surface area contributed by atoms with Gasteiger partial charge >= 0.3 is 0 Å². The molecule has 0 aliphatic heterocycles. The minimum Gasteiger partial charge on any atom is -0.365 e. The zero-order valence-corrected chi connectivity index (χ0v) is 12.5. The molecule has 4 nitrogen and oxygen atoms in total. The highest BCUT2D eigenvalue weighted by Crippen LogP contribution is 2.31. The molecule has 2 aromatic carbocycles. The van der Waals surface area contributed by atoms with E-state index in [0.29, 0.717) is 0 Å². The topological polar surface area (TPSA) is 53.6 Å². The summed E-state index contributed by atoms with van der Waals surface area (Å²) >= 11 is 0. The van der Waals surface area contributed by atoms with E-state index in [4.69, 9.17) is 0 Å².